The maximum atomic E-state index is 10.5. The monoisotopic (exact) mass is 239 g/mol. The molecule has 0 aliphatic heterocycles. The Morgan fingerprint density at radius 3 is 2.82 bits per heavy atom. The topological polar surface area (TPSA) is 84.3 Å². The summed E-state index contributed by atoms with van der Waals surface area (Å²) in [5.41, 5.74) is -0.0604. The number of carbonyl (C=O) groups is 1. The van der Waals surface area contributed by atoms with Gasteiger partial charge in [-0.3, -0.25) is 0 Å². The van der Waals surface area contributed by atoms with Crippen LogP contribution in [0, 0.1) is 0 Å². The summed E-state index contributed by atoms with van der Waals surface area (Å²) in [6, 6.07) is 3.00. The summed E-state index contributed by atoms with van der Waals surface area (Å²) in [7, 11) is 0. The largest absolute Gasteiger partial charge is 0.476 e. The van der Waals surface area contributed by atoms with Crippen LogP contribution in [0.15, 0.2) is 12.1 Å². The van der Waals surface area contributed by atoms with Crippen LogP contribution in [-0.2, 0) is 4.74 Å². The summed E-state index contributed by atoms with van der Waals surface area (Å²) in [5.74, 6) is -0.527. The fourth-order valence-corrected chi connectivity index (χ4v) is 1.14. The van der Waals surface area contributed by atoms with E-state index in [2.05, 4.69) is 22.4 Å². The first kappa shape index (κ1) is 13.4. The summed E-state index contributed by atoms with van der Waals surface area (Å²) in [6.45, 7) is 4.11. The van der Waals surface area contributed by atoms with Crippen LogP contribution in [0.3, 0.4) is 0 Å². The van der Waals surface area contributed by atoms with Gasteiger partial charge in [0, 0.05) is 13.2 Å². The standard InChI is InChI=1S/C11H17N3O3/c1-2-3-7-17-8-6-12-10-5-4-9(11(15)16)13-14-10/h4-5H,2-3,6-8H2,1H3,(H,12,14)(H,15,16). The van der Waals surface area contributed by atoms with E-state index in [9.17, 15) is 4.79 Å². The molecule has 1 aromatic rings. The van der Waals surface area contributed by atoms with Crippen molar-refractivity contribution in [1.29, 1.82) is 0 Å². The predicted molar refractivity (Wildman–Crippen MR) is 63.2 cm³/mol. The highest BCUT2D eigenvalue weighted by Crippen LogP contribution is 2.01. The minimum Gasteiger partial charge on any atom is -0.476 e. The van der Waals surface area contributed by atoms with E-state index in [-0.39, 0.29) is 5.69 Å². The zero-order chi connectivity index (χ0) is 12.5. The summed E-state index contributed by atoms with van der Waals surface area (Å²) in [4.78, 5) is 10.5. The maximum Gasteiger partial charge on any atom is 0.356 e. The second-order valence-corrected chi connectivity index (χ2v) is 3.50. The quantitative estimate of drug-likeness (QED) is 0.667. The molecule has 6 nitrogen and oxygen atoms in total. The normalized spacial score (nSPS) is 10.2. The highest BCUT2D eigenvalue weighted by molar-refractivity contribution is 5.85. The number of nitrogens with one attached hydrogen (secondary N) is 1. The van der Waals surface area contributed by atoms with Crippen LogP contribution in [0.4, 0.5) is 5.82 Å². The number of rotatable bonds is 8. The smallest absolute Gasteiger partial charge is 0.356 e. The van der Waals surface area contributed by atoms with Gasteiger partial charge in [-0.25, -0.2) is 4.79 Å². The molecular weight excluding hydrogens is 222 g/mol. The SMILES string of the molecule is CCCCOCCNc1ccc(C(=O)O)nn1. The van der Waals surface area contributed by atoms with E-state index in [1.165, 1.54) is 6.07 Å². The second kappa shape index (κ2) is 7.56. The molecule has 1 aromatic heterocycles. The number of aromatic carboxylic acids is 1. The molecule has 1 heterocycles. The lowest BCUT2D eigenvalue weighted by Crippen LogP contribution is -2.12. The fourth-order valence-electron chi connectivity index (χ4n) is 1.14. The first-order valence-corrected chi connectivity index (χ1v) is 5.62. The zero-order valence-electron chi connectivity index (χ0n) is 9.85. The molecule has 17 heavy (non-hydrogen) atoms. The van der Waals surface area contributed by atoms with E-state index in [1.807, 2.05) is 0 Å². The molecule has 2 N–H and O–H groups in total. The summed E-state index contributed by atoms with van der Waals surface area (Å²) < 4.78 is 5.35. The van der Waals surface area contributed by atoms with Crippen LogP contribution in [0.5, 0.6) is 0 Å². The third kappa shape index (κ3) is 5.26. The highest BCUT2D eigenvalue weighted by Gasteiger charge is 2.04. The lowest BCUT2D eigenvalue weighted by Gasteiger charge is -2.05. The molecule has 0 amide bonds. The van der Waals surface area contributed by atoms with Crippen LogP contribution < -0.4 is 5.32 Å². The highest BCUT2D eigenvalue weighted by atomic mass is 16.5. The van der Waals surface area contributed by atoms with Crippen LogP contribution in [0.25, 0.3) is 0 Å². The van der Waals surface area contributed by atoms with Crippen molar-refractivity contribution in [3.63, 3.8) is 0 Å². The Kier molecular flexibility index (Phi) is 5.95. The van der Waals surface area contributed by atoms with Gasteiger partial charge in [-0.1, -0.05) is 13.3 Å². The van der Waals surface area contributed by atoms with Crippen LogP contribution in [0.1, 0.15) is 30.3 Å². The Labute approximate surface area is 100 Å². The van der Waals surface area contributed by atoms with E-state index in [0.29, 0.717) is 19.0 Å². The minimum atomic E-state index is -1.08. The lowest BCUT2D eigenvalue weighted by molar-refractivity contribution is 0.0689. The van der Waals surface area contributed by atoms with E-state index in [0.717, 1.165) is 19.4 Å². The Balaban J connectivity index is 2.21. The Bertz CT molecular complexity index is 340. The molecule has 0 aliphatic rings. The van der Waals surface area contributed by atoms with E-state index in [4.69, 9.17) is 9.84 Å². The molecule has 0 radical (unpaired) electrons. The van der Waals surface area contributed by atoms with Gasteiger partial charge in [-0.15, -0.1) is 10.2 Å². The molecule has 6 heteroatoms. The van der Waals surface area contributed by atoms with Gasteiger partial charge in [0.2, 0.25) is 0 Å². The van der Waals surface area contributed by atoms with Crippen molar-refractivity contribution in [2.24, 2.45) is 0 Å². The third-order valence-corrected chi connectivity index (χ3v) is 2.08. The first-order chi connectivity index (χ1) is 8.24. The molecule has 0 saturated carbocycles. The predicted octanol–water partition coefficient (Wildman–Crippen LogP) is 1.40. The summed E-state index contributed by atoms with van der Waals surface area (Å²) >= 11 is 0. The molecule has 0 aromatic carbocycles. The van der Waals surface area contributed by atoms with Gasteiger partial charge in [0.15, 0.2) is 5.69 Å². The van der Waals surface area contributed by atoms with Crippen molar-refractivity contribution in [3.8, 4) is 0 Å². The van der Waals surface area contributed by atoms with Crippen LogP contribution >= 0.6 is 0 Å². The van der Waals surface area contributed by atoms with Crippen molar-refractivity contribution in [2.45, 2.75) is 19.8 Å². The molecule has 94 valence electrons. The molecule has 1 rings (SSSR count). The van der Waals surface area contributed by atoms with Gasteiger partial charge in [-0.05, 0) is 18.6 Å². The lowest BCUT2D eigenvalue weighted by atomic mass is 10.4. The summed E-state index contributed by atoms with van der Waals surface area (Å²) in [5, 5.41) is 18.9. The number of hydrogen-bond donors (Lipinski definition) is 2. The molecule has 0 saturated heterocycles. The molecule has 0 spiro atoms. The number of carboxylic acids is 1. The summed E-state index contributed by atoms with van der Waals surface area (Å²) in [6.07, 6.45) is 2.18. The molecule has 0 bridgehead atoms. The van der Waals surface area contributed by atoms with Gasteiger partial charge in [0.25, 0.3) is 0 Å². The molecule has 0 unspecified atom stereocenters. The minimum absolute atomic E-state index is 0.0604. The van der Waals surface area contributed by atoms with Crippen molar-refractivity contribution < 1.29 is 14.6 Å². The second-order valence-electron chi connectivity index (χ2n) is 3.50. The molecule has 0 aliphatic carbocycles. The van der Waals surface area contributed by atoms with E-state index in [1.54, 1.807) is 6.07 Å². The average Bonchev–Trinajstić information content (AvgIpc) is 2.34. The Morgan fingerprint density at radius 2 is 2.24 bits per heavy atom. The average molecular weight is 239 g/mol. The van der Waals surface area contributed by atoms with Crippen molar-refractivity contribution in [2.75, 3.05) is 25.1 Å². The van der Waals surface area contributed by atoms with Gasteiger partial charge in [-0.2, -0.15) is 0 Å². The Morgan fingerprint density at radius 1 is 1.41 bits per heavy atom. The Hall–Kier alpha value is -1.69. The van der Waals surface area contributed by atoms with E-state index < -0.39 is 5.97 Å². The third-order valence-electron chi connectivity index (χ3n) is 2.08. The number of anilines is 1. The van der Waals surface area contributed by atoms with Gasteiger partial charge in [0.05, 0.1) is 6.61 Å². The van der Waals surface area contributed by atoms with Gasteiger partial charge < -0.3 is 15.2 Å². The fraction of sp³-hybridized carbons (Fsp3) is 0.545. The van der Waals surface area contributed by atoms with Crippen molar-refractivity contribution in [1.82, 2.24) is 10.2 Å². The van der Waals surface area contributed by atoms with Crippen LogP contribution in [-0.4, -0.2) is 41.0 Å². The van der Waals surface area contributed by atoms with Gasteiger partial charge >= 0.3 is 5.97 Å². The number of nitrogens with zero attached hydrogens (tertiary/aromatic N) is 2. The van der Waals surface area contributed by atoms with Crippen LogP contribution in [0.2, 0.25) is 0 Å². The maximum absolute atomic E-state index is 10.5. The van der Waals surface area contributed by atoms with E-state index >= 15 is 0 Å². The van der Waals surface area contributed by atoms with Crippen molar-refractivity contribution in [3.05, 3.63) is 17.8 Å². The zero-order valence-corrected chi connectivity index (χ0v) is 9.85. The molecular formula is C11H17N3O3. The first-order valence-electron chi connectivity index (χ1n) is 5.62. The molecule has 0 fully saturated rings. The number of carboxylic acid groups (broad SMARTS) is 1. The number of ether oxygens (including phenoxy) is 1. The number of hydrogen-bond acceptors (Lipinski definition) is 5. The number of unbranched alkanes of at least 4 members (excludes halogenated alkanes) is 1. The van der Waals surface area contributed by atoms with Gasteiger partial charge in [0.1, 0.15) is 5.82 Å². The molecule has 0 atom stereocenters. The number of aromatic nitrogens is 2. The van der Waals surface area contributed by atoms with Crippen molar-refractivity contribution >= 4 is 11.8 Å².